The largest absolute Gasteiger partial charge is 0.493 e. The lowest BCUT2D eigenvalue weighted by Gasteiger charge is -2.10. The first-order valence-electron chi connectivity index (χ1n) is 8.01. The number of methoxy groups -OCH3 is 1. The minimum absolute atomic E-state index is 0.0695. The van der Waals surface area contributed by atoms with E-state index in [0.29, 0.717) is 16.3 Å². The van der Waals surface area contributed by atoms with Crippen molar-refractivity contribution in [2.24, 2.45) is 0 Å². The van der Waals surface area contributed by atoms with Crippen molar-refractivity contribution in [1.82, 2.24) is 0 Å². The van der Waals surface area contributed by atoms with Gasteiger partial charge in [-0.15, -0.1) is 0 Å². The molecule has 1 amide bonds. The zero-order valence-corrected chi connectivity index (χ0v) is 16.5. The van der Waals surface area contributed by atoms with Crippen LogP contribution in [0.4, 0.5) is 14.5 Å². The molecule has 0 atom stereocenters. The third kappa shape index (κ3) is 7.24. The molecule has 1 N–H and O–H groups in total. The fraction of sp³-hybridized carbons (Fsp3) is 0.158. The Morgan fingerprint density at radius 2 is 1.90 bits per heavy atom. The molecule has 0 aliphatic carbocycles. The van der Waals surface area contributed by atoms with Crippen molar-refractivity contribution in [3.8, 4) is 11.5 Å². The molecule has 0 aliphatic heterocycles. The predicted molar refractivity (Wildman–Crippen MR) is 105 cm³/mol. The number of carbonyl (C=O) groups is 2. The molecule has 2 aromatic rings. The summed E-state index contributed by atoms with van der Waals surface area (Å²) in [5.41, 5.74) is 0.795. The summed E-state index contributed by atoms with van der Waals surface area (Å²) in [5.74, 6) is -1.44. The lowest BCUT2D eigenvalue weighted by molar-refractivity contribution is -0.142. The Labute approximate surface area is 175 Å². The van der Waals surface area contributed by atoms with Gasteiger partial charge in [-0.1, -0.05) is 29.3 Å². The smallest absolute Gasteiger partial charge is 0.387 e. The molecule has 154 valence electrons. The van der Waals surface area contributed by atoms with Crippen LogP contribution in [0.2, 0.25) is 10.0 Å². The molecule has 0 saturated heterocycles. The standard InChI is InChI=1S/C19H15Cl2F2NO5/c1-27-16-8-11(2-6-15(16)29-19(22)23)3-7-18(26)28-10-17(25)24-14-5-4-12(20)9-13(14)21/h2-9,19H,10H2,1H3,(H,24,25)/b7-3+. The van der Waals surface area contributed by atoms with Gasteiger partial charge in [0.05, 0.1) is 17.8 Å². The van der Waals surface area contributed by atoms with E-state index >= 15 is 0 Å². The summed E-state index contributed by atoms with van der Waals surface area (Å²) in [4.78, 5) is 23.6. The lowest BCUT2D eigenvalue weighted by atomic mass is 10.2. The SMILES string of the molecule is COc1cc(/C=C/C(=O)OCC(=O)Nc2ccc(Cl)cc2Cl)ccc1OC(F)F. The molecule has 6 nitrogen and oxygen atoms in total. The van der Waals surface area contributed by atoms with Crippen LogP contribution in [0.25, 0.3) is 6.08 Å². The Hall–Kier alpha value is -2.84. The number of benzene rings is 2. The predicted octanol–water partition coefficient (Wildman–Crippen LogP) is 4.80. The average molecular weight is 446 g/mol. The Kier molecular flexibility index (Phi) is 8.23. The van der Waals surface area contributed by atoms with Gasteiger partial charge in [0.25, 0.3) is 5.91 Å². The Morgan fingerprint density at radius 1 is 1.14 bits per heavy atom. The van der Waals surface area contributed by atoms with Crippen LogP contribution in [0.15, 0.2) is 42.5 Å². The first-order chi connectivity index (χ1) is 13.8. The van der Waals surface area contributed by atoms with Crippen LogP contribution in [0.1, 0.15) is 5.56 Å². The Morgan fingerprint density at radius 3 is 2.55 bits per heavy atom. The van der Waals surface area contributed by atoms with Gasteiger partial charge < -0.3 is 19.5 Å². The van der Waals surface area contributed by atoms with Crippen molar-refractivity contribution < 1.29 is 32.6 Å². The molecular weight excluding hydrogens is 431 g/mol. The van der Waals surface area contributed by atoms with Gasteiger partial charge in [0.2, 0.25) is 0 Å². The number of amides is 1. The maximum atomic E-state index is 12.3. The van der Waals surface area contributed by atoms with Gasteiger partial charge in [-0.05, 0) is 42.0 Å². The minimum Gasteiger partial charge on any atom is -0.493 e. The van der Waals surface area contributed by atoms with Crippen LogP contribution >= 0.6 is 23.2 Å². The number of esters is 1. The van der Waals surface area contributed by atoms with E-state index in [4.69, 9.17) is 32.7 Å². The summed E-state index contributed by atoms with van der Waals surface area (Å²) < 4.78 is 38.7. The molecule has 0 aliphatic rings. The van der Waals surface area contributed by atoms with E-state index in [9.17, 15) is 18.4 Å². The highest BCUT2D eigenvalue weighted by Gasteiger charge is 2.11. The molecule has 0 bridgehead atoms. The van der Waals surface area contributed by atoms with Crippen molar-refractivity contribution in [3.05, 3.63) is 58.1 Å². The van der Waals surface area contributed by atoms with E-state index in [0.717, 1.165) is 6.08 Å². The first kappa shape index (κ1) is 22.4. The first-order valence-corrected chi connectivity index (χ1v) is 8.76. The van der Waals surface area contributed by atoms with Gasteiger partial charge in [-0.2, -0.15) is 8.78 Å². The van der Waals surface area contributed by atoms with E-state index in [1.807, 2.05) is 0 Å². The van der Waals surface area contributed by atoms with Crippen LogP contribution in [0, 0.1) is 0 Å². The Bertz CT molecular complexity index is 921. The van der Waals surface area contributed by atoms with Gasteiger partial charge in [-0.3, -0.25) is 4.79 Å². The van der Waals surface area contributed by atoms with Crippen molar-refractivity contribution in [3.63, 3.8) is 0 Å². The number of halogens is 4. The number of carbonyl (C=O) groups excluding carboxylic acids is 2. The molecule has 2 rings (SSSR count). The summed E-state index contributed by atoms with van der Waals surface area (Å²) in [7, 11) is 1.29. The maximum absolute atomic E-state index is 12.3. The van der Waals surface area contributed by atoms with Crippen LogP contribution in [-0.2, 0) is 14.3 Å². The quantitative estimate of drug-likeness (QED) is 0.466. The molecule has 0 radical (unpaired) electrons. The zero-order valence-electron chi connectivity index (χ0n) is 15.0. The number of anilines is 1. The lowest BCUT2D eigenvalue weighted by Crippen LogP contribution is -2.20. The van der Waals surface area contributed by atoms with Crippen LogP contribution in [-0.4, -0.2) is 32.2 Å². The molecule has 0 unspecified atom stereocenters. The fourth-order valence-electron chi connectivity index (χ4n) is 2.11. The van der Waals surface area contributed by atoms with Crippen LogP contribution in [0.5, 0.6) is 11.5 Å². The normalized spacial score (nSPS) is 10.8. The number of ether oxygens (including phenoxy) is 3. The molecule has 0 spiro atoms. The monoisotopic (exact) mass is 445 g/mol. The number of hydrogen-bond acceptors (Lipinski definition) is 5. The minimum atomic E-state index is -2.99. The highest BCUT2D eigenvalue weighted by molar-refractivity contribution is 6.36. The molecular formula is C19H15Cl2F2NO5. The van der Waals surface area contributed by atoms with Crippen LogP contribution in [0.3, 0.4) is 0 Å². The number of rotatable bonds is 8. The second-order valence-corrected chi connectivity index (χ2v) is 6.25. The summed E-state index contributed by atoms with van der Waals surface area (Å²) in [6, 6.07) is 8.64. The van der Waals surface area contributed by atoms with Crippen molar-refractivity contribution >= 4 is 46.8 Å². The molecule has 0 saturated carbocycles. The summed E-state index contributed by atoms with van der Waals surface area (Å²) in [6.45, 7) is -3.53. The summed E-state index contributed by atoms with van der Waals surface area (Å²) in [6.07, 6.45) is 2.44. The van der Waals surface area contributed by atoms with Gasteiger partial charge in [-0.25, -0.2) is 4.79 Å². The molecule has 0 aromatic heterocycles. The van der Waals surface area contributed by atoms with Gasteiger partial charge in [0.1, 0.15) is 0 Å². The highest BCUT2D eigenvalue weighted by Crippen LogP contribution is 2.30. The second-order valence-electron chi connectivity index (χ2n) is 5.40. The van der Waals surface area contributed by atoms with Gasteiger partial charge in [0, 0.05) is 11.1 Å². The Balaban J connectivity index is 1.89. The second kappa shape index (κ2) is 10.6. The fourth-order valence-corrected chi connectivity index (χ4v) is 2.56. The van der Waals surface area contributed by atoms with Gasteiger partial charge in [0.15, 0.2) is 18.1 Å². The number of hydrogen-bond donors (Lipinski definition) is 1. The zero-order chi connectivity index (χ0) is 21.4. The van der Waals surface area contributed by atoms with E-state index < -0.39 is 25.1 Å². The van der Waals surface area contributed by atoms with E-state index in [-0.39, 0.29) is 16.5 Å². The van der Waals surface area contributed by atoms with Gasteiger partial charge >= 0.3 is 12.6 Å². The topological polar surface area (TPSA) is 73.9 Å². The molecule has 29 heavy (non-hydrogen) atoms. The maximum Gasteiger partial charge on any atom is 0.387 e. The molecule has 10 heteroatoms. The number of alkyl halides is 2. The number of nitrogens with one attached hydrogen (secondary N) is 1. The molecule has 0 fully saturated rings. The van der Waals surface area contributed by atoms with Crippen molar-refractivity contribution in [1.29, 1.82) is 0 Å². The third-order valence-electron chi connectivity index (χ3n) is 3.37. The van der Waals surface area contributed by atoms with Crippen molar-refractivity contribution in [2.45, 2.75) is 6.61 Å². The molecule has 2 aromatic carbocycles. The molecule has 0 heterocycles. The van der Waals surface area contributed by atoms with Crippen molar-refractivity contribution in [2.75, 3.05) is 19.0 Å². The summed E-state index contributed by atoms with van der Waals surface area (Å²) in [5, 5.41) is 3.13. The van der Waals surface area contributed by atoms with E-state index in [1.54, 1.807) is 6.07 Å². The van der Waals surface area contributed by atoms with E-state index in [1.165, 1.54) is 43.5 Å². The van der Waals surface area contributed by atoms with Crippen LogP contribution < -0.4 is 14.8 Å². The summed E-state index contributed by atoms with van der Waals surface area (Å²) >= 11 is 11.7. The third-order valence-corrected chi connectivity index (χ3v) is 3.91. The highest BCUT2D eigenvalue weighted by atomic mass is 35.5. The van der Waals surface area contributed by atoms with E-state index in [2.05, 4.69) is 10.1 Å². The average Bonchev–Trinajstić information content (AvgIpc) is 2.67.